The van der Waals surface area contributed by atoms with Crippen LogP contribution in [0.4, 0.5) is 11.4 Å². The first kappa shape index (κ1) is 17.0. The standard InChI is InChI=1S/C17H18N4O3S/c1-12(16-19-20-17(24-16)13-7-4-3-5-8-13)18-14-9-6-10-15(11-14)21-25(2,22)23/h3-12,18,21H,1-2H3/t12-/m0/s1. The lowest BCUT2D eigenvalue weighted by molar-refractivity contribution is 0.485. The Hall–Kier alpha value is -2.87. The quantitative estimate of drug-likeness (QED) is 0.702. The molecule has 2 aromatic carbocycles. The summed E-state index contributed by atoms with van der Waals surface area (Å²) >= 11 is 0. The summed E-state index contributed by atoms with van der Waals surface area (Å²) in [5.74, 6) is 0.900. The molecule has 0 amide bonds. The van der Waals surface area contributed by atoms with Gasteiger partial charge < -0.3 is 9.73 Å². The molecule has 0 saturated heterocycles. The lowest BCUT2D eigenvalue weighted by Crippen LogP contribution is -2.10. The highest BCUT2D eigenvalue weighted by Gasteiger charge is 2.15. The van der Waals surface area contributed by atoms with Crippen LogP contribution < -0.4 is 10.0 Å². The van der Waals surface area contributed by atoms with Gasteiger partial charge in [-0.2, -0.15) is 0 Å². The fourth-order valence-electron chi connectivity index (χ4n) is 2.31. The molecule has 1 atom stereocenters. The van der Waals surface area contributed by atoms with Crippen molar-refractivity contribution >= 4 is 21.4 Å². The van der Waals surface area contributed by atoms with Crippen LogP contribution in [0, 0.1) is 0 Å². The zero-order valence-electron chi connectivity index (χ0n) is 13.8. The summed E-state index contributed by atoms with van der Waals surface area (Å²) in [6.07, 6.45) is 1.11. The van der Waals surface area contributed by atoms with Gasteiger partial charge in [0.1, 0.15) is 6.04 Å². The van der Waals surface area contributed by atoms with E-state index in [4.69, 9.17) is 4.42 Å². The average molecular weight is 358 g/mol. The summed E-state index contributed by atoms with van der Waals surface area (Å²) in [4.78, 5) is 0. The molecule has 0 fully saturated rings. The van der Waals surface area contributed by atoms with Crippen molar-refractivity contribution in [2.75, 3.05) is 16.3 Å². The van der Waals surface area contributed by atoms with E-state index in [2.05, 4.69) is 20.2 Å². The minimum absolute atomic E-state index is 0.238. The molecule has 0 aliphatic carbocycles. The monoisotopic (exact) mass is 358 g/mol. The number of hydrogen-bond acceptors (Lipinski definition) is 6. The van der Waals surface area contributed by atoms with Gasteiger partial charge in [-0.25, -0.2) is 8.42 Å². The highest BCUT2D eigenvalue weighted by molar-refractivity contribution is 7.92. The zero-order chi connectivity index (χ0) is 17.9. The Morgan fingerprint density at radius 3 is 2.44 bits per heavy atom. The largest absolute Gasteiger partial charge is 0.418 e. The molecule has 7 nitrogen and oxygen atoms in total. The maximum atomic E-state index is 11.3. The predicted octanol–water partition coefficient (Wildman–Crippen LogP) is 3.28. The molecule has 0 aliphatic heterocycles. The maximum absolute atomic E-state index is 11.3. The molecular formula is C17H18N4O3S. The third kappa shape index (κ3) is 4.57. The van der Waals surface area contributed by atoms with Crippen molar-refractivity contribution in [3.8, 4) is 11.5 Å². The summed E-state index contributed by atoms with van der Waals surface area (Å²) in [7, 11) is -3.32. The van der Waals surface area contributed by atoms with Gasteiger partial charge in [0.15, 0.2) is 0 Å². The van der Waals surface area contributed by atoms with Crippen molar-refractivity contribution in [1.82, 2.24) is 10.2 Å². The number of benzene rings is 2. The van der Waals surface area contributed by atoms with Crippen LogP contribution in [0.15, 0.2) is 59.0 Å². The predicted molar refractivity (Wildman–Crippen MR) is 96.7 cm³/mol. The maximum Gasteiger partial charge on any atom is 0.247 e. The SMILES string of the molecule is C[C@H](Nc1cccc(NS(C)(=O)=O)c1)c1nnc(-c2ccccc2)o1. The Morgan fingerprint density at radius 2 is 1.72 bits per heavy atom. The van der Waals surface area contributed by atoms with Crippen LogP contribution in [0.5, 0.6) is 0 Å². The van der Waals surface area contributed by atoms with Gasteiger partial charge in [-0.1, -0.05) is 24.3 Å². The van der Waals surface area contributed by atoms with Crippen LogP contribution >= 0.6 is 0 Å². The van der Waals surface area contributed by atoms with Gasteiger partial charge in [-0.15, -0.1) is 10.2 Å². The van der Waals surface area contributed by atoms with Crippen LogP contribution in [0.2, 0.25) is 0 Å². The molecule has 1 aromatic heterocycles. The van der Waals surface area contributed by atoms with E-state index < -0.39 is 10.0 Å². The second kappa shape index (κ2) is 6.94. The molecule has 25 heavy (non-hydrogen) atoms. The summed E-state index contributed by atoms with van der Waals surface area (Å²) in [6.45, 7) is 1.89. The first-order chi connectivity index (χ1) is 11.9. The van der Waals surface area contributed by atoms with Crippen LogP contribution in [-0.4, -0.2) is 24.9 Å². The van der Waals surface area contributed by atoms with Crippen molar-refractivity contribution in [3.05, 3.63) is 60.5 Å². The van der Waals surface area contributed by atoms with Crippen molar-refractivity contribution in [1.29, 1.82) is 0 Å². The van der Waals surface area contributed by atoms with E-state index in [1.807, 2.05) is 43.3 Å². The minimum Gasteiger partial charge on any atom is -0.418 e. The van der Waals surface area contributed by atoms with Crippen molar-refractivity contribution in [3.63, 3.8) is 0 Å². The molecule has 3 rings (SSSR count). The van der Waals surface area contributed by atoms with Gasteiger partial charge in [0.05, 0.1) is 11.9 Å². The van der Waals surface area contributed by atoms with Crippen LogP contribution in [0.3, 0.4) is 0 Å². The number of hydrogen-bond donors (Lipinski definition) is 2. The Bertz CT molecular complexity index is 955. The Balaban J connectivity index is 1.74. The van der Waals surface area contributed by atoms with E-state index in [1.165, 1.54) is 0 Å². The molecule has 2 N–H and O–H groups in total. The smallest absolute Gasteiger partial charge is 0.247 e. The Kier molecular flexibility index (Phi) is 4.71. The van der Waals surface area contributed by atoms with Crippen LogP contribution in [-0.2, 0) is 10.0 Å². The molecule has 8 heteroatoms. The topological polar surface area (TPSA) is 97.1 Å². The highest BCUT2D eigenvalue weighted by atomic mass is 32.2. The Morgan fingerprint density at radius 1 is 1.00 bits per heavy atom. The van der Waals surface area contributed by atoms with Crippen molar-refractivity contribution < 1.29 is 12.8 Å². The van der Waals surface area contributed by atoms with Gasteiger partial charge in [0.2, 0.25) is 21.8 Å². The highest BCUT2D eigenvalue weighted by Crippen LogP contribution is 2.24. The van der Waals surface area contributed by atoms with E-state index >= 15 is 0 Å². The normalized spacial score (nSPS) is 12.6. The molecule has 3 aromatic rings. The summed E-state index contributed by atoms with van der Waals surface area (Å²) in [5, 5.41) is 11.4. The second-order valence-corrected chi connectivity index (χ2v) is 7.38. The molecule has 1 heterocycles. The molecular weight excluding hydrogens is 340 g/mol. The number of anilines is 2. The number of rotatable bonds is 6. The zero-order valence-corrected chi connectivity index (χ0v) is 14.6. The lowest BCUT2D eigenvalue weighted by Gasteiger charge is -2.13. The molecule has 130 valence electrons. The first-order valence-corrected chi connectivity index (χ1v) is 9.53. The van der Waals surface area contributed by atoms with Crippen molar-refractivity contribution in [2.24, 2.45) is 0 Å². The van der Waals surface area contributed by atoms with E-state index in [0.717, 1.165) is 17.5 Å². The van der Waals surface area contributed by atoms with Crippen LogP contribution in [0.1, 0.15) is 18.9 Å². The number of nitrogens with zero attached hydrogens (tertiary/aromatic N) is 2. The average Bonchev–Trinajstić information content (AvgIpc) is 3.04. The third-order valence-corrected chi connectivity index (χ3v) is 3.99. The molecule has 0 unspecified atom stereocenters. The van der Waals surface area contributed by atoms with Gasteiger partial charge in [0.25, 0.3) is 0 Å². The molecule has 0 saturated carbocycles. The fourth-order valence-corrected chi connectivity index (χ4v) is 2.86. The van der Waals surface area contributed by atoms with Gasteiger partial charge in [-0.3, -0.25) is 4.72 Å². The summed E-state index contributed by atoms with van der Waals surface area (Å²) in [5.41, 5.74) is 2.07. The lowest BCUT2D eigenvalue weighted by atomic mass is 10.2. The number of sulfonamides is 1. The Labute approximate surface area is 146 Å². The fraction of sp³-hybridized carbons (Fsp3) is 0.176. The van der Waals surface area contributed by atoms with E-state index in [0.29, 0.717) is 17.5 Å². The third-order valence-electron chi connectivity index (χ3n) is 3.38. The summed E-state index contributed by atoms with van der Waals surface area (Å²) in [6, 6.07) is 16.3. The second-order valence-electron chi connectivity index (χ2n) is 5.63. The van der Waals surface area contributed by atoms with E-state index in [1.54, 1.807) is 18.2 Å². The van der Waals surface area contributed by atoms with E-state index in [9.17, 15) is 8.42 Å². The minimum atomic E-state index is -3.32. The molecule has 0 aliphatic rings. The number of nitrogens with one attached hydrogen (secondary N) is 2. The number of aromatic nitrogens is 2. The summed E-state index contributed by atoms with van der Waals surface area (Å²) < 4.78 is 30.8. The van der Waals surface area contributed by atoms with Crippen LogP contribution in [0.25, 0.3) is 11.5 Å². The molecule has 0 spiro atoms. The van der Waals surface area contributed by atoms with Gasteiger partial charge in [0, 0.05) is 11.3 Å². The van der Waals surface area contributed by atoms with Gasteiger partial charge >= 0.3 is 0 Å². The van der Waals surface area contributed by atoms with Gasteiger partial charge in [-0.05, 0) is 37.3 Å². The molecule has 0 bridgehead atoms. The molecule has 0 radical (unpaired) electrons. The first-order valence-electron chi connectivity index (χ1n) is 7.64. The van der Waals surface area contributed by atoms with Crippen molar-refractivity contribution in [2.45, 2.75) is 13.0 Å². The van der Waals surface area contributed by atoms with E-state index in [-0.39, 0.29) is 6.04 Å².